The van der Waals surface area contributed by atoms with E-state index < -0.39 is 11.5 Å². The Kier molecular flexibility index (Phi) is 6.65. The van der Waals surface area contributed by atoms with E-state index in [0.29, 0.717) is 25.1 Å². The molecule has 114 valence electrons. The zero-order valence-corrected chi connectivity index (χ0v) is 12.2. The molecule has 0 amide bonds. The lowest BCUT2D eigenvalue weighted by Gasteiger charge is -2.29. The molecule has 0 aliphatic heterocycles. The van der Waals surface area contributed by atoms with E-state index in [9.17, 15) is 9.18 Å². The SMILES string of the molecule is CCOC(=O)C(C)(NCCCN=[N+]=[N-])c1ccc(F)cc1. The van der Waals surface area contributed by atoms with Crippen molar-refractivity contribution in [3.63, 3.8) is 0 Å². The minimum atomic E-state index is -1.07. The maximum atomic E-state index is 13.0. The van der Waals surface area contributed by atoms with Gasteiger partial charge >= 0.3 is 5.97 Å². The molecule has 1 atom stereocenters. The number of carbonyl (C=O) groups excluding carboxylic acids is 1. The third kappa shape index (κ3) is 4.73. The van der Waals surface area contributed by atoms with E-state index in [-0.39, 0.29) is 12.4 Å². The molecule has 0 fully saturated rings. The maximum absolute atomic E-state index is 13.0. The topological polar surface area (TPSA) is 87.1 Å². The van der Waals surface area contributed by atoms with Crippen molar-refractivity contribution in [1.82, 2.24) is 5.32 Å². The number of rotatable bonds is 8. The van der Waals surface area contributed by atoms with E-state index in [1.807, 2.05) is 0 Å². The molecule has 1 rings (SSSR count). The lowest BCUT2D eigenvalue weighted by Crippen LogP contribution is -2.48. The van der Waals surface area contributed by atoms with Crippen LogP contribution in [0.1, 0.15) is 25.8 Å². The van der Waals surface area contributed by atoms with E-state index in [1.165, 1.54) is 12.1 Å². The normalized spacial score (nSPS) is 13.1. The fourth-order valence-electron chi connectivity index (χ4n) is 1.88. The van der Waals surface area contributed by atoms with Crippen LogP contribution in [0.15, 0.2) is 29.4 Å². The predicted octanol–water partition coefficient (Wildman–Crippen LogP) is 2.89. The number of benzene rings is 1. The zero-order valence-electron chi connectivity index (χ0n) is 12.2. The van der Waals surface area contributed by atoms with Crippen LogP contribution in [0, 0.1) is 5.82 Å². The van der Waals surface area contributed by atoms with Crippen LogP contribution in [0.2, 0.25) is 0 Å². The summed E-state index contributed by atoms with van der Waals surface area (Å²) in [4.78, 5) is 14.9. The van der Waals surface area contributed by atoms with Gasteiger partial charge in [-0.05, 0) is 50.0 Å². The number of azide groups is 1. The van der Waals surface area contributed by atoms with Gasteiger partial charge < -0.3 is 4.74 Å². The van der Waals surface area contributed by atoms with Crippen molar-refractivity contribution in [2.24, 2.45) is 5.11 Å². The second kappa shape index (κ2) is 8.24. The molecular weight excluding hydrogens is 275 g/mol. The quantitative estimate of drug-likeness (QED) is 0.263. The van der Waals surface area contributed by atoms with Gasteiger partial charge in [0.2, 0.25) is 0 Å². The van der Waals surface area contributed by atoms with E-state index in [2.05, 4.69) is 15.3 Å². The number of esters is 1. The largest absolute Gasteiger partial charge is 0.464 e. The Labute approximate surface area is 122 Å². The monoisotopic (exact) mass is 294 g/mol. The van der Waals surface area contributed by atoms with Crippen LogP contribution >= 0.6 is 0 Å². The van der Waals surface area contributed by atoms with Gasteiger partial charge in [-0.15, -0.1) is 0 Å². The Morgan fingerprint density at radius 1 is 1.48 bits per heavy atom. The number of hydrogen-bond acceptors (Lipinski definition) is 4. The van der Waals surface area contributed by atoms with Crippen LogP contribution in [-0.2, 0) is 15.1 Å². The molecule has 6 nitrogen and oxygen atoms in total. The summed E-state index contributed by atoms with van der Waals surface area (Å²) < 4.78 is 18.1. The average Bonchev–Trinajstić information content (AvgIpc) is 2.47. The van der Waals surface area contributed by atoms with Crippen LogP contribution in [0.4, 0.5) is 4.39 Å². The smallest absolute Gasteiger partial charge is 0.330 e. The molecule has 0 saturated carbocycles. The van der Waals surface area contributed by atoms with Crippen molar-refractivity contribution >= 4 is 5.97 Å². The molecule has 0 aliphatic carbocycles. The minimum Gasteiger partial charge on any atom is -0.464 e. The van der Waals surface area contributed by atoms with E-state index in [0.717, 1.165) is 0 Å². The molecular formula is C14H19FN4O2. The van der Waals surface area contributed by atoms with Crippen LogP contribution in [0.3, 0.4) is 0 Å². The molecule has 7 heteroatoms. The summed E-state index contributed by atoms with van der Waals surface area (Å²) in [6, 6.07) is 5.70. The van der Waals surface area contributed by atoms with Crippen LogP contribution < -0.4 is 5.32 Å². The Morgan fingerprint density at radius 2 is 2.14 bits per heavy atom. The average molecular weight is 294 g/mol. The molecule has 0 aliphatic rings. The number of nitrogens with zero attached hydrogens (tertiary/aromatic N) is 3. The highest BCUT2D eigenvalue weighted by atomic mass is 19.1. The molecule has 0 heterocycles. The number of halogens is 1. The first-order valence-corrected chi connectivity index (χ1v) is 6.73. The van der Waals surface area contributed by atoms with Crippen molar-refractivity contribution in [1.29, 1.82) is 0 Å². The summed E-state index contributed by atoms with van der Waals surface area (Å²) in [5.74, 6) is -0.797. The Bertz CT molecular complexity index is 514. The summed E-state index contributed by atoms with van der Waals surface area (Å²) in [7, 11) is 0. The lowest BCUT2D eigenvalue weighted by molar-refractivity contribution is -0.151. The summed E-state index contributed by atoms with van der Waals surface area (Å²) in [5, 5.41) is 6.53. The summed E-state index contributed by atoms with van der Waals surface area (Å²) >= 11 is 0. The molecule has 1 aromatic carbocycles. The standard InChI is InChI=1S/C14H19FN4O2/c1-3-21-13(20)14(2,17-9-4-10-18-19-16)11-5-7-12(15)8-6-11/h5-8,17H,3-4,9-10H2,1-2H3. The van der Waals surface area contributed by atoms with Crippen molar-refractivity contribution in [3.8, 4) is 0 Å². The summed E-state index contributed by atoms with van der Waals surface area (Å²) in [6.07, 6.45) is 0.584. The van der Waals surface area contributed by atoms with E-state index in [4.69, 9.17) is 10.3 Å². The van der Waals surface area contributed by atoms with Crippen LogP contribution in [0.25, 0.3) is 10.4 Å². The molecule has 0 aromatic heterocycles. The van der Waals surface area contributed by atoms with Crippen LogP contribution in [0.5, 0.6) is 0 Å². The molecule has 0 saturated heterocycles. The van der Waals surface area contributed by atoms with Gasteiger partial charge in [0.1, 0.15) is 11.4 Å². The first-order chi connectivity index (χ1) is 10.0. The molecule has 21 heavy (non-hydrogen) atoms. The third-order valence-electron chi connectivity index (χ3n) is 3.08. The van der Waals surface area contributed by atoms with E-state index >= 15 is 0 Å². The highest BCUT2D eigenvalue weighted by Crippen LogP contribution is 2.23. The number of hydrogen-bond donors (Lipinski definition) is 1. The number of nitrogens with one attached hydrogen (secondary N) is 1. The fraction of sp³-hybridized carbons (Fsp3) is 0.500. The van der Waals surface area contributed by atoms with Gasteiger partial charge in [0, 0.05) is 11.5 Å². The van der Waals surface area contributed by atoms with Gasteiger partial charge in [-0.25, -0.2) is 9.18 Å². The van der Waals surface area contributed by atoms with Crippen molar-refractivity contribution in [3.05, 3.63) is 46.1 Å². The first kappa shape index (κ1) is 16.9. The van der Waals surface area contributed by atoms with Gasteiger partial charge in [-0.3, -0.25) is 5.32 Å². The maximum Gasteiger partial charge on any atom is 0.330 e. The van der Waals surface area contributed by atoms with Gasteiger partial charge in [-0.2, -0.15) is 0 Å². The Balaban J connectivity index is 2.86. The highest BCUT2D eigenvalue weighted by Gasteiger charge is 2.36. The number of ether oxygens (including phenoxy) is 1. The minimum absolute atomic E-state index is 0.260. The van der Waals surface area contributed by atoms with E-state index in [1.54, 1.807) is 26.0 Å². The first-order valence-electron chi connectivity index (χ1n) is 6.73. The highest BCUT2D eigenvalue weighted by molar-refractivity contribution is 5.82. The molecule has 0 radical (unpaired) electrons. The summed E-state index contributed by atoms with van der Waals surface area (Å²) in [5.41, 5.74) is 7.76. The Hall–Kier alpha value is -2.11. The molecule has 1 N–H and O–H groups in total. The summed E-state index contributed by atoms with van der Waals surface area (Å²) in [6.45, 7) is 4.48. The third-order valence-corrected chi connectivity index (χ3v) is 3.08. The van der Waals surface area contributed by atoms with Crippen molar-refractivity contribution < 1.29 is 13.9 Å². The molecule has 0 bridgehead atoms. The van der Waals surface area contributed by atoms with Crippen LogP contribution in [-0.4, -0.2) is 25.7 Å². The zero-order chi connectivity index (χ0) is 15.7. The van der Waals surface area contributed by atoms with Crippen molar-refractivity contribution in [2.75, 3.05) is 19.7 Å². The molecule has 0 spiro atoms. The molecule has 1 unspecified atom stereocenters. The van der Waals surface area contributed by atoms with Crippen molar-refractivity contribution in [2.45, 2.75) is 25.8 Å². The van der Waals surface area contributed by atoms with Gasteiger partial charge in [0.25, 0.3) is 0 Å². The van der Waals surface area contributed by atoms with Gasteiger partial charge in [-0.1, -0.05) is 17.2 Å². The second-order valence-corrected chi connectivity index (χ2v) is 4.59. The number of carbonyl (C=O) groups is 1. The van der Waals surface area contributed by atoms with Gasteiger partial charge in [0.05, 0.1) is 6.61 Å². The lowest BCUT2D eigenvalue weighted by atomic mass is 9.91. The predicted molar refractivity (Wildman–Crippen MR) is 77.0 cm³/mol. The second-order valence-electron chi connectivity index (χ2n) is 4.59. The molecule has 1 aromatic rings. The fourth-order valence-corrected chi connectivity index (χ4v) is 1.88. The van der Waals surface area contributed by atoms with Gasteiger partial charge in [0.15, 0.2) is 0 Å². The Morgan fingerprint density at radius 3 is 2.71 bits per heavy atom.